The summed E-state index contributed by atoms with van der Waals surface area (Å²) in [5, 5.41) is 17.4. The molecule has 0 aliphatic carbocycles. The third kappa shape index (κ3) is 4.38. The van der Waals surface area contributed by atoms with Crippen molar-refractivity contribution in [3.63, 3.8) is 0 Å². The first-order valence-corrected chi connectivity index (χ1v) is 6.11. The Labute approximate surface area is 93.0 Å². The lowest BCUT2D eigenvalue weighted by Gasteiger charge is -2.12. The van der Waals surface area contributed by atoms with Crippen molar-refractivity contribution < 1.29 is 19.7 Å². The minimum atomic E-state index is -0.969. The van der Waals surface area contributed by atoms with Crippen molar-refractivity contribution in [1.82, 2.24) is 0 Å². The summed E-state index contributed by atoms with van der Waals surface area (Å²) in [6.07, 6.45) is 1.91. The fourth-order valence-electron chi connectivity index (χ4n) is 1.43. The molecule has 1 saturated heterocycles. The first kappa shape index (κ1) is 12.8. The van der Waals surface area contributed by atoms with Gasteiger partial charge in [0.1, 0.15) is 6.04 Å². The zero-order valence-electron chi connectivity index (χ0n) is 8.46. The molecule has 0 aromatic rings. The van der Waals surface area contributed by atoms with E-state index in [0.717, 1.165) is 18.6 Å². The average Bonchev–Trinajstić information content (AvgIpc) is 2.65. The Morgan fingerprint density at radius 2 is 2.20 bits per heavy atom. The molecule has 0 bridgehead atoms. The van der Waals surface area contributed by atoms with Crippen LogP contribution in [-0.4, -0.2) is 52.5 Å². The number of hydrogen-bond acceptors (Lipinski definition) is 5. The Morgan fingerprint density at radius 1 is 1.53 bits per heavy atom. The number of hydrogen-bond donors (Lipinski definition) is 3. The average molecular weight is 235 g/mol. The van der Waals surface area contributed by atoms with Gasteiger partial charge in [-0.2, -0.15) is 11.8 Å². The second-order valence-electron chi connectivity index (χ2n) is 3.62. The van der Waals surface area contributed by atoms with Gasteiger partial charge in [-0.1, -0.05) is 0 Å². The van der Waals surface area contributed by atoms with E-state index in [1.165, 1.54) is 11.8 Å². The third-order valence-electron chi connectivity index (χ3n) is 2.32. The van der Waals surface area contributed by atoms with Crippen molar-refractivity contribution in [2.45, 2.75) is 31.1 Å². The van der Waals surface area contributed by atoms with Crippen LogP contribution in [0.4, 0.5) is 0 Å². The summed E-state index contributed by atoms with van der Waals surface area (Å²) in [4.78, 5) is 10.4. The smallest absolute Gasteiger partial charge is 0.321 e. The number of nitrogens with two attached hydrogens (primary N) is 1. The normalized spacial score (nSPS) is 27.9. The molecule has 1 heterocycles. The predicted molar refractivity (Wildman–Crippen MR) is 57.9 cm³/mol. The Bertz CT molecular complexity index is 214. The maximum Gasteiger partial charge on any atom is 0.321 e. The molecule has 0 amide bonds. The van der Waals surface area contributed by atoms with Crippen LogP contribution in [0.1, 0.15) is 12.8 Å². The van der Waals surface area contributed by atoms with Gasteiger partial charge in [0.15, 0.2) is 0 Å². The maximum absolute atomic E-state index is 10.4. The van der Waals surface area contributed by atoms with Gasteiger partial charge in [-0.15, -0.1) is 0 Å². The number of thioether (sulfide) groups is 1. The summed E-state index contributed by atoms with van der Waals surface area (Å²) in [5.41, 5.74) is 5.35. The van der Waals surface area contributed by atoms with Crippen molar-refractivity contribution in [3.05, 3.63) is 0 Å². The Morgan fingerprint density at radius 3 is 2.73 bits per heavy atom. The van der Waals surface area contributed by atoms with Crippen molar-refractivity contribution >= 4 is 17.7 Å². The van der Waals surface area contributed by atoms with Gasteiger partial charge < -0.3 is 20.7 Å². The molecule has 1 rings (SSSR count). The highest BCUT2D eigenvalue weighted by Crippen LogP contribution is 2.22. The molecule has 88 valence electrons. The monoisotopic (exact) mass is 235 g/mol. The molecule has 5 nitrogen and oxygen atoms in total. The second kappa shape index (κ2) is 6.32. The Balaban J connectivity index is 2.08. The lowest BCUT2D eigenvalue weighted by molar-refractivity contribution is -0.137. The molecule has 0 aromatic carbocycles. The van der Waals surface area contributed by atoms with Crippen molar-refractivity contribution in [2.24, 2.45) is 5.73 Å². The Hall–Kier alpha value is -0.300. The van der Waals surface area contributed by atoms with E-state index in [9.17, 15) is 4.79 Å². The summed E-state index contributed by atoms with van der Waals surface area (Å²) in [6.45, 7) is 0.0653. The lowest BCUT2D eigenvalue weighted by atomic mass is 10.2. The summed E-state index contributed by atoms with van der Waals surface area (Å²) in [5.74, 6) is 0.180. The van der Waals surface area contributed by atoms with Crippen LogP contribution in [0.15, 0.2) is 0 Å². The second-order valence-corrected chi connectivity index (χ2v) is 4.70. The molecule has 1 fully saturated rings. The predicted octanol–water partition coefficient (Wildman–Crippen LogP) is -0.329. The van der Waals surface area contributed by atoms with Gasteiger partial charge in [-0.25, -0.2) is 0 Å². The highest BCUT2D eigenvalue weighted by Gasteiger charge is 2.24. The molecule has 3 atom stereocenters. The Kier molecular flexibility index (Phi) is 5.38. The number of carbonyl (C=O) groups is 1. The number of aliphatic hydroxyl groups is 1. The molecule has 0 radical (unpaired) electrons. The molecule has 6 heteroatoms. The van der Waals surface area contributed by atoms with Gasteiger partial charge in [-0.3, -0.25) is 4.79 Å². The lowest BCUT2D eigenvalue weighted by Crippen LogP contribution is -2.33. The van der Waals surface area contributed by atoms with E-state index in [1.54, 1.807) is 0 Å². The number of carboxylic acid groups (broad SMARTS) is 1. The zero-order valence-corrected chi connectivity index (χ0v) is 9.28. The minimum Gasteiger partial charge on any atom is -0.480 e. The summed E-state index contributed by atoms with van der Waals surface area (Å²) in [6, 6.07) is -0.801. The molecule has 0 aromatic heterocycles. The third-order valence-corrected chi connectivity index (χ3v) is 3.52. The van der Waals surface area contributed by atoms with E-state index < -0.39 is 12.0 Å². The fraction of sp³-hybridized carbons (Fsp3) is 0.889. The summed E-state index contributed by atoms with van der Waals surface area (Å²) >= 11 is 1.49. The van der Waals surface area contributed by atoms with Gasteiger partial charge in [0.2, 0.25) is 0 Å². The van der Waals surface area contributed by atoms with Crippen LogP contribution in [0.2, 0.25) is 0 Å². The quantitative estimate of drug-likeness (QED) is 0.584. The molecule has 0 saturated carbocycles. The van der Waals surface area contributed by atoms with E-state index >= 15 is 0 Å². The molecule has 1 unspecified atom stereocenters. The maximum atomic E-state index is 10.4. The number of ether oxygens (including phenoxy) is 1. The van der Waals surface area contributed by atoms with E-state index in [4.69, 9.17) is 20.7 Å². The standard InChI is InChI=1S/C9H17NO4S/c10-8(9(12)13)5-15-4-7-2-1-6(3-11)14-7/h6-8,11H,1-5,10H2,(H,12,13)/t6-,7+,8?/m1/s1. The van der Waals surface area contributed by atoms with Crippen molar-refractivity contribution in [1.29, 1.82) is 0 Å². The molecular formula is C9H17NO4S. The molecule has 4 N–H and O–H groups in total. The molecule has 15 heavy (non-hydrogen) atoms. The molecule has 0 spiro atoms. The van der Waals surface area contributed by atoms with E-state index in [-0.39, 0.29) is 18.8 Å². The molecule has 1 aliphatic heterocycles. The SMILES string of the molecule is NC(CSC[C@@H]1CC[C@H](CO)O1)C(=O)O. The topological polar surface area (TPSA) is 92.8 Å². The minimum absolute atomic E-state index is 0.0382. The molecular weight excluding hydrogens is 218 g/mol. The first-order chi connectivity index (χ1) is 7.13. The number of rotatable bonds is 6. The highest BCUT2D eigenvalue weighted by atomic mass is 32.2. The van der Waals surface area contributed by atoms with Crippen LogP contribution < -0.4 is 5.73 Å². The van der Waals surface area contributed by atoms with Gasteiger partial charge in [0.05, 0.1) is 18.8 Å². The van der Waals surface area contributed by atoms with E-state index in [2.05, 4.69) is 0 Å². The molecule has 1 aliphatic rings. The number of carboxylic acids is 1. The van der Waals surface area contributed by atoms with E-state index in [1.807, 2.05) is 0 Å². The van der Waals surface area contributed by atoms with Crippen LogP contribution in [0.25, 0.3) is 0 Å². The largest absolute Gasteiger partial charge is 0.480 e. The van der Waals surface area contributed by atoms with Crippen LogP contribution in [0.3, 0.4) is 0 Å². The first-order valence-electron chi connectivity index (χ1n) is 4.96. The van der Waals surface area contributed by atoms with Gasteiger partial charge in [0.25, 0.3) is 0 Å². The highest BCUT2D eigenvalue weighted by molar-refractivity contribution is 7.99. The van der Waals surface area contributed by atoms with Crippen molar-refractivity contribution in [2.75, 3.05) is 18.1 Å². The summed E-state index contributed by atoms with van der Waals surface area (Å²) in [7, 11) is 0. The van der Waals surface area contributed by atoms with Gasteiger partial charge >= 0.3 is 5.97 Å². The van der Waals surface area contributed by atoms with Crippen LogP contribution >= 0.6 is 11.8 Å². The van der Waals surface area contributed by atoms with Crippen LogP contribution in [-0.2, 0) is 9.53 Å². The van der Waals surface area contributed by atoms with Crippen LogP contribution in [0.5, 0.6) is 0 Å². The number of aliphatic carboxylic acids is 1. The fourth-order valence-corrected chi connectivity index (χ4v) is 2.48. The van der Waals surface area contributed by atoms with E-state index in [0.29, 0.717) is 5.75 Å². The summed E-state index contributed by atoms with van der Waals surface area (Å²) < 4.78 is 5.49. The van der Waals surface area contributed by atoms with Gasteiger partial charge in [0, 0.05) is 11.5 Å². The van der Waals surface area contributed by atoms with Crippen molar-refractivity contribution in [3.8, 4) is 0 Å². The zero-order chi connectivity index (χ0) is 11.3. The van der Waals surface area contributed by atoms with Gasteiger partial charge in [-0.05, 0) is 12.8 Å². The number of aliphatic hydroxyl groups excluding tert-OH is 1. The van der Waals surface area contributed by atoms with Crippen LogP contribution in [0, 0.1) is 0 Å².